The van der Waals surface area contributed by atoms with Crippen molar-refractivity contribution in [2.45, 2.75) is 114 Å². The van der Waals surface area contributed by atoms with Crippen LogP contribution in [0.1, 0.15) is 99.5 Å². The van der Waals surface area contributed by atoms with E-state index in [-0.39, 0.29) is 11.7 Å². The van der Waals surface area contributed by atoms with Crippen LogP contribution in [-0.4, -0.2) is 81.4 Å². The molecule has 4 aliphatic carbocycles. The van der Waals surface area contributed by atoms with Gasteiger partial charge >= 0.3 is 6.09 Å². The smallest absolute Gasteiger partial charge is 0.408 e. The summed E-state index contributed by atoms with van der Waals surface area (Å²) in [5, 5.41) is 14.0. The standard InChI is InChI=1S/C54H62BrFN6O6S/c1-4-10-36-26-38(56)27-37-16-17-39(28-43(36)37)62(69(3,65)66)46-14-8-13-45-42(46)19-22-60(45)54(48(18-20-57-54)58-52(64)68-53-30-33-23-34(31-53)25-35(24-33)32-53)61-21-9-15-49(61)59-51(63)44-29-47(67-5-2)50(55)41-12-7-6-11-40(41)44/h6-8,11-14,16-17,26-29,33-35,48-49,57H,4-5,9-10,15,18-25,30-32H2,1-3H3,(H,58,64)(H,59,63). The minimum atomic E-state index is -3.90. The summed E-state index contributed by atoms with van der Waals surface area (Å²) in [6.45, 7) is 6.10. The highest BCUT2D eigenvalue weighted by atomic mass is 79.9. The van der Waals surface area contributed by atoms with Gasteiger partial charge in [0.1, 0.15) is 17.2 Å². The number of ether oxygens (including phenoxy) is 2. The lowest BCUT2D eigenvalue weighted by molar-refractivity contribution is -0.128. The predicted molar refractivity (Wildman–Crippen MR) is 272 cm³/mol. The summed E-state index contributed by atoms with van der Waals surface area (Å²) in [4.78, 5) is 33.9. The molecule has 3 heterocycles. The molecule has 4 bridgehead atoms. The molecule has 0 radical (unpaired) electrons. The first-order valence-corrected chi connectivity index (χ1v) is 27.7. The summed E-state index contributed by atoms with van der Waals surface area (Å²) in [5.41, 5.74) is 3.59. The van der Waals surface area contributed by atoms with Crippen LogP contribution in [0.15, 0.2) is 83.3 Å². The number of benzene rings is 5. The molecule has 364 valence electrons. The first-order valence-electron chi connectivity index (χ1n) is 25.1. The Morgan fingerprint density at radius 2 is 1.65 bits per heavy atom. The molecule has 12 nitrogen and oxygen atoms in total. The molecule has 2 amide bonds. The quantitative estimate of drug-likeness (QED) is 0.105. The van der Waals surface area contributed by atoms with Crippen LogP contribution in [-0.2, 0) is 27.6 Å². The van der Waals surface area contributed by atoms with E-state index in [0.717, 1.165) is 69.5 Å². The number of alkyl carbamates (subject to hydrolysis) is 1. The van der Waals surface area contributed by atoms with Gasteiger partial charge in [0.25, 0.3) is 5.91 Å². The van der Waals surface area contributed by atoms with Gasteiger partial charge in [-0.15, -0.1) is 0 Å². The Hall–Kier alpha value is -4.96. The average Bonchev–Trinajstić information content (AvgIpc) is 4.06. The Morgan fingerprint density at radius 3 is 2.38 bits per heavy atom. The van der Waals surface area contributed by atoms with Crippen molar-refractivity contribution in [3.8, 4) is 5.75 Å². The molecule has 3 aliphatic heterocycles. The van der Waals surface area contributed by atoms with Crippen molar-refractivity contribution in [3.05, 3.63) is 106 Å². The van der Waals surface area contributed by atoms with Crippen LogP contribution < -0.4 is 29.9 Å². The summed E-state index contributed by atoms with van der Waals surface area (Å²) < 4.78 is 57.9. The van der Waals surface area contributed by atoms with Crippen molar-refractivity contribution in [1.29, 1.82) is 0 Å². The number of nitrogens with one attached hydrogen (secondary N) is 3. The maximum atomic E-state index is 14.8. The van der Waals surface area contributed by atoms with E-state index in [4.69, 9.17) is 9.47 Å². The van der Waals surface area contributed by atoms with Crippen molar-refractivity contribution in [3.63, 3.8) is 0 Å². The van der Waals surface area contributed by atoms with Gasteiger partial charge in [0, 0.05) is 36.3 Å². The molecule has 5 aromatic rings. The molecule has 3 unspecified atom stereocenters. The summed E-state index contributed by atoms with van der Waals surface area (Å²) in [5.74, 6) is 0.812. The number of carbonyl (C=O) groups excluding carboxylic acids is 2. The maximum Gasteiger partial charge on any atom is 0.408 e. The zero-order valence-corrected chi connectivity index (χ0v) is 42.1. The third kappa shape index (κ3) is 8.22. The molecule has 0 spiro atoms. The second-order valence-electron chi connectivity index (χ2n) is 20.6. The Bertz CT molecular complexity index is 2940. The fourth-order valence-electron chi connectivity index (χ4n) is 13.9. The first kappa shape index (κ1) is 46.4. The van der Waals surface area contributed by atoms with Gasteiger partial charge in [-0.05, 0) is 175 Å². The SMILES string of the molecule is CCCc1cc(F)cc2ccc(N(c3cccc4c3CCN4C3(N4CCCC4NC(=O)c4cc(OCC)c(Br)c5ccccc45)NCCC3NC(=O)OC34CC5CC(CC(C5)C3)C4)S(C)(=O)=O)cc12. The zero-order chi connectivity index (χ0) is 47.8. The van der Waals surface area contributed by atoms with Crippen molar-refractivity contribution in [1.82, 2.24) is 20.9 Å². The van der Waals surface area contributed by atoms with Crippen LogP contribution in [0.4, 0.5) is 26.2 Å². The second-order valence-corrected chi connectivity index (χ2v) is 23.2. The van der Waals surface area contributed by atoms with Crippen LogP contribution in [0.25, 0.3) is 21.5 Å². The lowest BCUT2D eigenvalue weighted by atomic mass is 9.54. The van der Waals surface area contributed by atoms with Crippen molar-refractivity contribution >= 4 is 76.6 Å². The third-order valence-electron chi connectivity index (χ3n) is 16.1. The van der Waals surface area contributed by atoms with Gasteiger partial charge in [-0.1, -0.05) is 49.7 Å². The molecular weight excluding hydrogens is 960 g/mol. The topological polar surface area (TPSA) is 133 Å². The molecule has 3 atom stereocenters. The number of carbonyl (C=O) groups is 2. The highest BCUT2D eigenvalue weighted by Gasteiger charge is 2.58. The van der Waals surface area contributed by atoms with E-state index in [2.05, 4.69) is 41.7 Å². The molecule has 2 saturated heterocycles. The number of anilines is 3. The van der Waals surface area contributed by atoms with Crippen molar-refractivity contribution in [2.75, 3.05) is 41.7 Å². The molecular formula is C54H62BrFN6O6S. The summed E-state index contributed by atoms with van der Waals surface area (Å²) in [6, 6.07) is 23.4. The lowest BCUT2D eigenvalue weighted by Crippen LogP contribution is -2.76. The summed E-state index contributed by atoms with van der Waals surface area (Å²) in [6.07, 6.45) is 10.9. The average molecular weight is 1020 g/mol. The van der Waals surface area contributed by atoms with Gasteiger partial charge < -0.3 is 25.0 Å². The number of rotatable bonds is 13. The maximum absolute atomic E-state index is 14.8. The fraction of sp³-hybridized carbons (Fsp3) is 0.481. The van der Waals surface area contributed by atoms with Crippen LogP contribution in [0.2, 0.25) is 0 Å². The van der Waals surface area contributed by atoms with Crippen molar-refractivity contribution in [2.24, 2.45) is 17.8 Å². The van der Waals surface area contributed by atoms with Gasteiger partial charge in [-0.25, -0.2) is 26.8 Å². The molecule has 15 heteroatoms. The zero-order valence-electron chi connectivity index (χ0n) is 39.7. The lowest BCUT2D eigenvalue weighted by Gasteiger charge is -2.56. The Morgan fingerprint density at radius 1 is 0.899 bits per heavy atom. The van der Waals surface area contributed by atoms with Gasteiger partial charge in [-0.3, -0.25) is 10.1 Å². The number of nitrogens with zero attached hydrogens (tertiary/aromatic N) is 3. The first-order chi connectivity index (χ1) is 33.3. The number of fused-ring (bicyclic) bond motifs is 3. The van der Waals surface area contributed by atoms with Gasteiger partial charge in [0.15, 0.2) is 5.79 Å². The summed E-state index contributed by atoms with van der Waals surface area (Å²) in [7, 11) is -3.90. The van der Waals surface area contributed by atoms with E-state index in [1.807, 2.05) is 68.4 Å². The molecule has 5 aromatic carbocycles. The van der Waals surface area contributed by atoms with E-state index < -0.39 is 39.7 Å². The highest BCUT2D eigenvalue weighted by molar-refractivity contribution is 9.10. The molecule has 4 saturated carbocycles. The highest BCUT2D eigenvalue weighted by Crippen LogP contribution is 2.57. The number of amides is 2. The Balaban J connectivity index is 0.979. The van der Waals surface area contributed by atoms with Gasteiger partial charge in [-0.2, -0.15) is 0 Å². The molecule has 6 fully saturated rings. The molecule has 7 aliphatic rings. The van der Waals surface area contributed by atoms with Crippen LogP contribution in [0.5, 0.6) is 5.75 Å². The van der Waals surface area contributed by atoms with Crippen molar-refractivity contribution < 1.29 is 31.9 Å². The van der Waals surface area contributed by atoms with E-state index in [1.54, 1.807) is 18.2 Å². The van der Waals surface area contributed by atoms with Gasteiger partial charge in [0.2, 0.25) is 10.0 Å². The minimum Gasteiger partial charge on any atom is -0.493 e. The fourth-order valence-corrected chi connectivity index (χ4v) is 15.5. The molecule has 12 rings (SSSR count). The minimum absolute atomic E-state index is 0.233. The summed E-state index contributed by atoms with van der Waals surface area (Å²) >= 11 is 3.73. The van der Waals surface area contributed by atoms with Gasteiger partial charge in [0.05, 0.1) is 46.5 Å². The molecule has 69 heavy (non-hydrogen) atoms. The largest absolute Gasteiger partial charge is 0.493 e. The van der Waals surface area contributed by atoms with Crippen LogP contribution >= 0.6 is 15.9 Å². The number of likely N-dealkylation sites (tertiary alicyclic amines) is 1. The molecule has 3 N–H and O–H groups in total. The van der Waals surface area contributed by atoms with E-state index in [9.17, 15) is 22.4 Å². The Kier molecular flexibility index (Phi) is 12.1. The number of hydrogen-bond acceptors (Lipinski definition) is 9. The second kappa shape index (κ2) is 18.0. The Labute approximate surface area is 412 Å². The predicted octanol–water partition coefficient (Wildman–Crippen LogP) is 10.3. The van der Waals surface area contributed by atoms with Crippen LogP contribution in [0.3, 0.4) is 0 Å². The number of halogens is 2. The normalized spacial score (nSPS) is 27.3. The third-order valence-corrected chi connectivity index (χ3v) is 18.0. The number of sulfonamides is 1. The monoisotopic (exact) mass is 1020 g/mol. The van der Waals surface area contributed by atoms with E-state index in [1.165, 1.54) is 35.9 Å². The van der Waals surface area contributed by atoms with E-state index >= 15 is 0 Å². The van der Waals surface area contributed by atoms with E-state index in [0.29, 0.717) is 97.8 Å². The van der Waals surface area contributed by atoms with Crippen LogP contribution in [0, 0.1) is 23.6 Å². The molecule has 0 aromatic heterocycles. The number of hydrogen-bond donors (Lipinski definition) is 3. The number of aryl methyl sites for hydroxylation is 1.